The van der Waals surface area contributed by atoms with Crippen LogP contribution in [0.1, 0.15) is 17.3 Å². The van der Waals surface area contributed by atoms with Crippen molar-refractivity contribution in [2.45, 2.75) is 17.3 Å². The maximum atomic E-state index is 12.6. The van der Waals surface area contributed by atoms with Crippen molar-refractivity contribution in [1.82, 2.24) is 9.55 Å². The van der Waals surface area contributed by atoms with Gasteiger partial charge in [0.15, 0.2) is 10.9 Å². The highest BCUT2D eigenvalue weighted by molar-refractivity contribution is 9.10. The molecule has 0 N–H and O–H groups in total. The van der Waals surface area contributed by atoms with E-state index in [4.69, 9.17) is 0 Å². The lowest BCUT2D eigenvalue weighted by molar-refractivity contribution is 0.0994. The van der Waals surface area contributed by atoms with E-state index in [1.807, 2.05) is 37.3 Å². The Labute approximate surface area is 152 Å². The van der Waals surface area contributed by atoms with E-state index in [2.05, 4.69) is 20.9 Å². The van der Waals surface area contributed by atoms with Crippen LogP contribution in [0.3, 0.4) is 0 Å². The molecule has 0 saturated carbocycles. The Morgan fingerprint density at radius 3 is 2.54 bits per heavy atom. The fourth-order valence-electron chi connectivity index (χ4n) is 2.36. The van der Waals surface area contributed by atoms with E-state index in [0.29, 0.717) is 21.6 Å². The summed E-state index contributed by atoms with van der Waals surface area (Å²) in [5.41, 5.74) is 1.18. The van der Waals surface area contributed by atoms with Crippen molar-refractivity contribution in [2.24, 2.45) is 7.05 Å². The van der Waals surface area contributed by atoms with Crippen LogP contribution in [0.15, 0.2) is 63.0 Å². The van der Waals surface area contributed by atoms with E-state index in [-0.39, 0.29) is 16.6 Å². The number of nitrogens with zero attached hydrogens (tertiary/aromatic N) is 2. The number of Topliss-reactive ketones (excluding diaryl/α,β-unsaturated/α-hetero) is 1. The first-order chi connectivity index (χ1) is 11.5. The molecule has 1 aromatic heterocycles. The third-order valence-electron chi connectivity index (χ3n) is 3.72. The maximum Gasteiger partial charge on any atom is 0.261 e. The van der Waals surface area contributed by atoms with Gasteiger partial charge in [0, 0.05) is 17.1 Å². The van der Waals surface area contributed by atoms with Crippen molar-refractivity contribution < 1.29 is 4.79 Å². The largest absolute Gasteiger partial charge is 0.293 e. The molecule has 122 valence electrons. The number of hydrogen-bond donors (Lipinski definition) is 0. The number of para-hydroxylation sites is 1. The van der Waals surface area contributed by atoms with Crippen LogP contribution in [-0.4, -0.2) is 20.6 Å². The van der Waals surface area contributed by atoms with Gasteiger partial charge >= 0.3 is 0 Å². The molecule has 0 radical (unpaired) electrons. The summed E-state index contributed by atoms with van der Waals surface area (Å²) in [6.07, 6.45) is 0. The molecule has 0 aliphatic rings. The highest BCUT2D eigenvalue weighted by Crippen LogP contribution is 2.25. The number of fused-ring (bicyclic) bond motifs is 1. The van der Waals surface area contributed by atoms with Crippen LogP contribution in [0, 0.1) is 0 Å². The second-order valence-electron chi connectivity index (χ2n) is 5.41. The quantitative estimate of drug-likeness (QED) is 0.375. The predicted octanol–water partition coefficient (Wildman–Crippen LogP) is 4.06. The van der Waals surface area contributed by atoms with Gasteiger partial charge in [-0.3, -0.25) is 14.2 Å². The van der Waals surface area contributed by atoms with Crippen molar-refractivity contribution in [1.29, 1.82) is 0 Å². The molecule has 0 fully saturated rings. The van der Waals surface area contributed by atoms with Gasteiger partial charge in [0.05, 0.1) is 16.2 Å². The third kappa shape index (κ3) is 3.30. The number of carbonyl (C=O) groups is 1. The van der Waals surface area contributed by atoms with Crippen molar-refractivity contribution in [3.05, 3.63) is 68.9 Å². The fourth-order valence-corrected chi connectivity index (χ4v) is 3.58. The van der Waals surface area contributed by atoms with Gasteiger partial charge in [0.25, 0.3) is 5.56 Å². The zero-order chi connectivity index (χ0) is 17.3. The van der Waals surface area contributed by atoms with Crippen molar-refractivity contribution in [3.63, 3.8) is 0 Å². The average molecular weight is 403 g/mol. The monoisotopic (exact) mass is 402 g/mol. The van der Waals surface area contributed by atoms with Crippen LogP contribution in [0.25, 0.3) is 10.9 Å². The molecule has 24 heavy (non-hydrogen) atoms. The van der Waals surface area contributed by atoms with Crippen LogP contribution in [0.2, 0.25) is 0 Å². The van der Waals surface area contributed by atoms with E-state index < -0.39 is 0 Å². The molecule has 0 aliphatic heterocycles. The molecular formula is C18H15BrN2O2S. The molecule has 1 unspecified atom stereocenters. The first kappa shape index (κ1) is 16.9. The summed E-state index contributed by atoms with van der Waals surface area (Å²) in [6.45, 7) is 1.83. The molecular weight excluding hydrogens is 388 g/mol. The molecule has 1 atom stereocenters. The van der Waals surface area contributed by atoms with Gasteiger partial charge in [0.2, 0.25) is 0 Å². The number of ketones is 1. The Morgan fingerprint density at radius 2 is 1.83 bits per heavy atom. The first-order valence-corrected chi connectivity index (χ1v) is 9.07. The molecule has 0 spiro atoms. The molecule has 0 aliphatic carbocycles. The van der Waals surface area contributed by atoms with E-state index >= 15 is 0 Å². The van der Waals surface area contributed by atoms with Crippen molar-refractivity contribution in [2.75, 3.05) is 0 Å². The second-order valence-corrected chi connectivity index (χ2v) is 7.63. The van der Waals surface area contributed by atoms with E-state index in [1.54, 1.807) is 25.2 Å². The average Bonchev–Trinajstić information content (AvgIpc) is 2.59. The molecule has 6 heteroatoms. The molecule has 1 heterocycles. The summed E-state index contributed by atoms with van der Waals surface area (Å²) in [5, 5.41) is 0.776. The van der Waals surface area contributed by atoms with Gasteiger partial charge in [0.1, 0.15) is 0 Å². The topological polar surface area (TPSA) is 52.0 Å². The van der Waals surface area contributed by atoms with E-state index in [9.17, 15) is 9.59 Å². The first-order valence-electron chi connectivity index (χ1n) is 7.39. The van der Waals surface area contributed by atoms with Gasteiger partial charge in [-0.2, -0.15) is 0 Å². The van der Waals surface area contributed by atoms with E-state index in [1.165, 1.54) is 16.3 Å². The normalized spacial score (nSPS) is 12.3. The van der Waals surface area contributed by atoms with Gasteiger partial charge in [-0.1, -0.05) is 52.0 Å². The lowest BCUT2D eigenvalue weighted by Crippen LogP contribution is -2.22. The zero-order valence-corrected chi connectivity index (χ0v) is 15.6. The van der Waals surface area contributed by atoms with Gasteiger partial charge < -0.3 is 0 Å². The Balaban J connectivity index is 1.91. The third-order valence-corrected chi connectivity index (χ3v) is 5.39. The van der Waals surface area contributed by atoms with Crippen molar-refractivity contribution in [3.8, 4) is 0 Å². The number of hydrogen-bond acceptors (Lipinski definition) is 4. The van der Waals surface area contributed by atoms with Crippen LogP contribution in [-0.2, 0) is 7.05 Å². The van der Waals surface area contributed by atoms with Gasteiger partial charge in [-0.15, -0.1) is 0 Å². The highest BCUT2D eigenvalue weighted by Gasteiger charge is 2.19. The number of halogens is 1. The lowest BCUT2D eigenvalue weighted by atomic mass is 10.1. The second kappa shape index (κ2) is 6.91. The molecule has 4 nitrogen and oxygen atoms in total. The molecule has 0 saturated heterocycles. The molecule has 0 bridgehead atoms. The number of carbonyl (C=O) groups excluding carboxylic acids is 1. The SMILES string of the molecule is CC(Sc1nc2ccccc2c(=O)n1C)C(=O)c1ccc(Br)cc1. The lowest BCUT2D eigenvalue weighted by Gasteiger charge is -2.13. The minimum Gasteiger partial charge on any atom is -0.293 e. The fraction of sp³-hybridized carbons (Fsp3) is 0.167. The van der Waals surface area contributed by atoms with Crippen LogP contribution < -0.4 is 5.56 Å². The van der Waals surface area contributed by atoms with Crippen molar-refractivity contribution >= 4 is 44.4 Å². The standard InChI is InChI=1S/C18H15BrN2O2S/c1-11(16(22)12-7-9-13(19)10-8-12)24-18-20-15-6-4-3-5-14(15)17(23)21(18)2/h3-11H,1-2H3. The molecule has 2 aromatic carbocycles. The maximum absolute atomic E-state index is 12.6. The smallest absolute Gasteiger partial charge is 0.261 e. The van der Waals surface area contributed by atoms with Crippen LogP contribution in [0.4, 0.5) is 0 Å². The Bertz CT molecular complexity index is 967. The zero-order valence-electron chi connectivity index (χ0n) is 13.2. The van der Waals surface area contributed by atoms with Crippen LogP contribution >= 0.6 is 27.7 Å². The summed E-state index contributed by atoms with van der Waals surface area (Å²) in [4.78, 5) is 29.5. The molecule has 3 rings (SSSR count). The Hall–Kier alpha value is -1.92. The molecule has 3 aromatic rings. The highest BCUT2D eigenvalue weighted by atomic mass is 79.9. The number of thioether (sulfide) groups is 1. The Kier molecular flexibility index (Phi) is 4.87. The minimum absolute atomic E-state index is 0.00917. The molecule has 0 amide bonds. The summed E-state index contributed by atoms with van der Waals surface area (Å²) < 4.78 is 2.43. The van der Waals surface area contributed by atoms with Gasteiger partial charge in [-0.05, 0) is 31.2 Å². The minimum atomic E-state index is -0.342. The number of rotatable bonds is 4. The number of benzene rings is 2. The predicted molar refractivity (Wildman–Crippen MR) is 101 cm³/mol. The summed E-state index contributed by atoms with van der Waals surface area (Å²) in [5.74, 6) is 0.00917. The van der Waals surface area contributed by atoms with Crippen LogP contribution in [0.5, 0.6) is 0 Å². The Morgan fingerprint density at radius 1 is 1.17 bits per heavy atom. The van der Waals surface area contributed by atoms with Gasteiger partial charge in [-0.25, -0.2) is 4.98 Å². The number of aromatic nitrogens is 2. The summed E-state index contributed by atoms with van der Waals surface area (Å²) in [7, 11) is 1.68. The van der Waals surface area contributed by atoms with E-state index in [0.717, 1.165) is 4.47 Å². The summed E-state index contributed by atoms with van der Waals surface area (Å²) in [6, 6.07) is 14.5. The summed E-state index contributed by atoms with van der Waals surface area (Å²) >= 11 is 4.66.